The summed E-state index contributed by atoms with van der Waals surface area (Å²) in [6.45, 7) is 15.4. The molecule has 0 fully saturated rings. The molecule has 46 heavy (non-hydrogen) atoms. The fourth-order valence-corrected chi connectivity index (χ4v) is 8.92. The van der Waals surface area contributed by atoms with Crippen LogP contribution >= 0.6 is 11.3 Å². The molecule has 4 aromatic heterocycles. The monoisotopic (exact) mass is 620 g/mol. The van der Waals surface area contributed by atoms with Gasteiger partial charge in [0.15, 0.2) is 18.4 Å². The van der Waals surface area contributed by atoms with Crippen molar-refractivity contribution in [2.24, 2.45) is 7.05 Å². The summed E-state index contributed by atoms with van der Waals surface area (Å²) < 4.78 is 13.0. The number of nitrogens with zero attached hydrogens (tertiary/aromatic N) is 2. The lowest BCUT2D eigenvalue weighted by Gasteiger charge is -2.29. The van der Waals surface area contributed by atoms with Crippen molar-refractivity contribution >= 4 is 43.4 Å². The Morgan fingerprint density at radius 2 is 1.63 bits per heavy atom. The molecule has 3 aromatic carbocycles. The van der Waals surface area contributed by atoms with Crippen LogP contribution in [0.4, 0.5) is 0 Å². The molecule has 0 amide bonds. The van der Waals surface area contributed by atoms with Gasteiger partial charge in [0.2, 0.25) is 11.4 Å². The first-order chi connectivity index (χ1) is 22.2. The Hall–Kier alpha value is -4.54. The van der Waals surface area contributed by atoms with E-state index in [1.165, 1.54) is 81.6 Å². The van der Waals surface area contributed by atoms with Gasteiger partial charge in [0.1, 0.15) is 18.2 Å². The van der Waals surface area contributed by atoms with E-state index in [2.05, 4.69) is 143 Å². The van der Waals surface area contributed by atoms with E-state index in [1.54, 1.807) is 0 Å². The van der Waals surface area contributed by atoms with Crippen molar-refractivity contribution in [3.8, 4) is 22.5 Å². The van der Waals surface area contributed by atoms with Crippen LogP contribution in [0.2, 0.25) is 0 Å². The molecule has 0 N–H and O–H groups in total. The first-order valence-corrected chi connectivity index (χ1v) is 17.1. The summed E-state index contributed by atoms with van der Waals surface area (Å²) in [5, 5.41) is 3.63. The Morgan fingerprint density at radius 3 is 2.46 bits per heavy atom. The molecule has 3 nitrogen and oxygen atoms in total. The third-order valence-electron chi connectivity index (χ3n) is 10.5. The molecular weight excluding hydrogens is 581 g/mol. The topological polar surface area (TPSA) is 20.9 Å². The highest BCUT2D eigenvalue weighted by Crippen LogP contribution is 2.45. The molecule has 0 aliphatic carbocycles. The lowest BCUT2D eigenvalue weighted by atomic mass is 9.79. The van der Waals surface area contributed by atoms with Crippen molar-refractivity contribution in [1.29, 1.82) is 0 Å². The van der Waals surface area contributed by atoms with Crippen LogP contribution in [0.1, 0.15) is 56.6 Å². The average molecular weight is 621 g/mol. The normalized spacial score (nSPS) is 15.9. The predicted octanol–water partition coefficient (Wildman–Crippen LogP) is 10.2. The number of hydrogen-bond donors (Lipinski definition) is 0. The van der Waals surface area contributed by atoms with Crippen LogP contribution in [0.5, 0.6) is 0 Å². The van der Waals surface area contributed by atoms with E-state index in [0.717, 1.165) is 24.0 Å². The number of furan rings is 1. The van der Waals surface area contributed by atoms with Gasteiger partial charge in [0, 0.05) is 54.6 Å². The van der Waals surface area contributed by atoms with Gasteiger partial charge in [-0.3, -0.25) is 0 Å². The van der Waals surface area contributed by atoms with Crippen LogP contribution in [-0.4, -0.2) is 0 Å². The third-order valence-corrected chi connectivity index (χ3v) is 11.7. The van der Waals surface area contributed by atoms with Gasteiger partial charge in [-0.15, -0.1) is 11.3 Å². The van der Waals surface area contributed by atoms with Crippen molar-refractivity contribution in [3.05, 3.63) is 130 Å². The lowest BCUT2D eigenvalue weighted by molar-refractivity contribution is -0.707. The first kappa shape index (κ1) is 28.9. The molecule has 1 aliphatic heterocycles. The molecule has 4 heteroatoms. The van der Waals surface area contributed by atoms with Gasteiger partial charge >= 0.3 is 0 Å². The largest absolute Gasteiger partial charge is 0.454 e. The summed E-state index contributed by atoms with van der Waals surface area (Å²) in [5.74, 6) is 0.303. The molecule has 2 atom stereocenters. The van der Waals surface area contributed by atoms with Crippen molar-refractivity contribution in [1.82, 2.24) is 0 Å². The minimum atomic E-state index is 0.180. The summed E-state index contributed by atoms with van der Waals surface area (Å²) in [6.07, 6.45) is 8.61. The van der Waals surface area contributed by atoms with Crippen molar-refractivity contribution in [3.63, 3.8) is 0 Å². The summed E-state index contributed by atoms with van der Waals surface area (Å²) in [4.78, 5) is 1.35. The quantitative estimate of drug-likeness (QED) is 0.139. The number of rotatable bonds is 5. The fraction of sp³-hybridized carbons (Fsp3) is 0.238. The van der Waals surface area contributed by atoms with Crippen LogP contribution in [0.15, 0.2) is 96.2 Å². The Bertz CT molecular complexity index is 2370. The predicted molar refractivity (Wildman–Crippen MR) is 192 cm³/mol. The van der Waals surface area contributed by atoms with Gasteiger partial charge in [-0.2, -0.15) is 4.57 Å². The highest BCUT2D eigenvalue weighted by Gasteiger charge is 2.38. The maximum absolute atomic E-state index is 7.03. The minimum absolute atomic E-state index is 0.180. The van der Waals surface area contributed by atoms with Gasteiger partial charge in [-0.25, -0.2) is 4.57 Å². The van der Waals surface area contributed by atoms with Crippen LogP contribution in [0.25, 0.3) is 54.5 Å². The molecule has 8 rings (SSSR count). The Kier molecular flexibility index (Phi) is 6.77. The second-order valence-corrected chi connectivity index (χ2v) is 14.5. The van der Waals surface area contributed by atoms with Crippen molar-refractivity contribution in [2.45, 2.75) is 59.4 Å². The summed E-state index contributed by atoms with van der Waals surface area (Å²) in [5.41, 5.74) is 14.9. The standard InChI is InChI=1S/C42H40N2OS/c1-8-35-32(30-11-9-10-12-31(30)36-19-13-24(2)22-44(35)36)16-14-29-15-17-33-34-18-20-38-39(27(5)28(6)46-38)41(34)45-42(33)40(29)37-21-25(3)26(4)23-43(37)7/h8-13,15,17-23,32,35H,1,14,16H2,2-7H3/q+2. The van der Waals surface area contributed by atoms with E-state index < -0.39 is 0 Å². The smallest absolute Gasteiger partial charge is 0.216 e. The minimum Gasteiger partial charge on any atom is -0.454 e. The van der Waals surface area contributed by atoms with Crippen LogP contribution < -0.4 is 9.13 Å². The van der Waals surface area contributed by atoms with Gasteiger partial charge in [0.05, 0.1) is 11.5 Å². The van der Waals surface area contributed by atoms with Crippen LogP contribution in [-0.2, 0) is 13.5 Å². The molecule has 2 unspecified atom stereocenters. The Balaban J connectivity index is 1.32. The molecule has 0 spiro atoms. The molecule has 5 heterocycles. The van der Waals surface area contributed by atoms with E-state index in [0.29, 0.717) is 5.92 Å². The molecule has 0 saturated carbocycles. The Morgan fingerprint density at radius 1 is 0.848 bits per heavy atom. The van der Waals surface area contributed by atoms with Gasteiger partial charge < -0.3 is 4.42 Å². The zero-order valence-corrected chi connectivity index (χ0v) is 28.4. The second kappa shape index (κ2) is 10.8. The zero-order chi connectivity index (χ0) is 31.9. The molecule has 1 aliphatic rings. The van der Waals surface area contributed by atoms with E-state index in [9.17, 15) is 0 Å². The number of allylic oxidation sites excluding steroid dienone is 1. The van der Waals surface area contributed by atoms with Crippen molar-refractivity contribution < 1.29 is 13.6 Å². The van der Waals surface area contributed by atoms with E-state index in [4.69, 9.17) is 4.42 Å². The number of hydrogen-bond acceptors (Lipinski definition) is 2. The second-order valence-electron chi connectivity index (χ2n) is 13.3. The third kappa shape index (κ3) is 4.30. The van der Waals surface area contributed by atoms with Crippen LogP contribution in [0.3, 0.4) is 0 Å². The summed E-state index contributed by atoms with van der Waals surface area (Å²) in [7, 11) is 2.17. The number of fused-ring (bicyclic) bond motifs is 8. The fourth-order valence-electron chi connectivity index (χ4n) is 7.85. The SMILES string of the molecule is C=CC1C(CCc2ccc3c(oc4c3ccc3sc(C)c(C)c34)c2-c2cc(C)c(C)c[n+]2C)c2ccccc2-c2ccc(C)c[n+]21. The number of benzene rings is 3. The van der Waals surface area contributed by atoms with Gasteiger partial charge in [-0.05, 0) is 100 Å². The first-order valence-electron chi connectivity index (χ1n) is 16.3. The van der Waals surface area contributed by atoms with Gasteiger partial charge in [-0.1, -0.05) is 36.9 Å². The summed E-state index contributed by atoms with van der Waals surface area (Å²) in [6, 6.07) is 25.1. The Labute approximate surface area is 275 Å². The maximum atomic E-state index is 7.03. The van der Waals surface area contributed by atoms with E-state index >= 15 is 0 Å². The molecule has 0 radical (unpaired) electrons. The number of pyridine rings is 2. The number of thiophene rings is 1. The highest BCUT2D eigenvalue weighted by atomic mass is 32.1. The van der Waals surface area contributed by atoms with Gasteiger partial charge in [0.25, 0.3) is 0 Å². The summed E-state index contributed by atoms with van der Waals surface area (Å²) >= 11 is 1.86. The molecule has 228 valence electrons. The number of aryl methyl sites for hydroxylation is 7. The molecule has 7 aromatic rings. The lowest BCUT2D eigenvalue weighted by Crippen LogP contribution is -2.46. The molecule has 0 saturated heterocycles. The van der Waals surface area contributed by atoms with E-state index in [-0.39, 0.29) is 6.04 Å². The zero-order valence-electron chi connectivity index (χ0n) is 27.6. The average Bonchev–Trinajstić information content (AvgIpc) is 3.57. The highest BCUT2D eigenvalue weighted by molar-refractivity contribution is 7.19. The molecule has 0 bridgehead atoms. The number of aromatic nitrogens is 2. The maximum Gasteiger partial charge on any atom is 0.216 e. The molecular formula is C42H40N2OS+2. The van der Waals surface area contributed by atoms with Crippen LogP contribution in [0, 0.1) is 34.6 Å². The van der Waals surface area contributed by atoms with Crippen molar-refractivity contribution in [2.75, 3.05) is 0 Å². The van der Waals surface area contributed by atoms with E-state index in [1.807, 2.05) is 11.3 Å².